The van der Waals surface area contributed by atoms with Gasteiger partial charge in [-0.25, -0.2) is 9.97 Å². The van der Waals surface area contributed by atoms with Crippen LogP contribution in [-0.2, 0) is 49.6 Å². The molecular formula is C36H42N8O2. The number of fused-ring (bicyclic) bond motifs is 2. The van der Waals surface area contributed by atoms with Gasteiger partial charge in [-0.3, -0.25) is 9.59 Å². The average molecular weight is 619 g/mol. The summed E-state index contributed by atoms with van der Waals surface area (Å²) in [7, 11) is 5.72. The zero-order chi connectivity index (χ0) is 32.2. The summed E-state index contributed by atoms with van der Waals surface area (Å²) >= 11 is 0. The second kappa shape index (κ2) is 16.9. The summed E-state index contributed by atoms with van der Waals surface area (Å²) in [6.07, 6.45) is 11.3. The van der Waals surface area contributed by atoms with Crippen LogP contribution in [0, 0.1) is 0 Å². The minimum Gasteiger partial charge on any atom is -0.365 e. The van der Waals surface area contributed by atoms with E-state index in [2.05, 4.69) is 79.4 Å². The van der Waals surface area contributed by atoms with Gasteiger partial charge < -0.3 is 29.2 Å². The molecule has 0 atom stereocenters. The molecular weight excluding hydrogens is 576 g/mol. The van der Waals surface area contributed by atoms with E-state index < -0.39 is 0 Å². The molecule has 2 aromatic heterocycles. The SMILES string of the molecule is C.C=C=C=C=C=C.CN(C=O)c1ccc2c(c1)N(Cc1cn(C)cn1)CC2.Cn1cnc(CN2CCc3ccc(NC=O)cc32)c1. The predicted octanol–water partition coefficient (Wildman–Crippen LogP) is 5.19. The Morgan fingerprint density at radius 3 is 1.83 bits per heavy atom. The highest BCUT2D eigenvalue weighted by Gasteiger charge is 2.21. The van der Waals surface area contributed by atoms with Crippen LogP contribution in [-0.4, -0.2) is 52.1 Å². The first-order valence-electron chi connectivity index (χ1n) is 14.5. The van der Waals surface area contributed by atoms with Crippen molar-refractivity contribution in [2.75, 3.05) is 40.2 Å². The maximum Gasteiger partial charge on any atom is 0.213 e. The van der Waals surface area contributed by atoms with Gasteiger partial charge >= 0.3 is 0 Å². The average Bonchev–Trinajstić information content (AvgIpc) is 3.85. The highest BCUT2D eigenvalue weighted by molar-refractivity contribution is 5.78. The van der Waals surface area contributed by atoms with E-state index in [-0.39, 0.29) is 7.43 Å². The number of carbonyl (C=O) groups is 2. The first-order valence-corrected chi connectivity index (χ1v) is 14.5. The second-order valence-corrected chi connectivity index (χ2v) is 10.6. The summed E-state index contributed by atoms with van der Waals surface area (Å²) in [6, 6.07) is 12.2. The summed E-state index contributed by atoms with van der Waals surface area (Å²) in [5.41, 5.74) is 18.5. The molecule has 0 bridgehead atoms. The van der Waals surface area contributed by atoms with Crippen LogP contribution in [0.5, 0.6) is 0 Å². The van der Waals surface area contributed by atoms with Crippen LogP contribution < -0.4 is 20.0 Å². The van der Waals surface area contributed by atoms with Crippen LogP contribution in [0.3, 0.4) is 0 Å². The maximum atomic E-state index is 10.9. The Hall–Kier alpha value is -5.74. The molecule has 0 radical (unpaired) electrons. The van der Waals surface area contributed by atoms with Crippen LogP contribution >= 0.6 is 0 Å². The first kappa shape index (κ1) is 34.7. The number of hydrogen-bond donors (Lipinski definition) is 1. The van der Waals surface area contributed by atoms with Crippen LogP contribution in [0.25, 0.3) is 0 Å². The molecule has 46 heavy (non-hydrogen) atoms. The minimum absolute atomic E-state index is 0. The summed E-state index contributed by atoms with van der Waals surface area (Å²) in [6.45, 7) is 10.1. The zero-order valence-corrected chi connectivity index (χ0v) is 26.0. The van der Waals surface area contributed by atoms with Crippen molar-refractivity contribution >= 4 is 35.6 Å². The number of aryl methyl sites for hydroxylation is 2. The molecule has 0 spiro atoms. The molecule has 238 valence electrons. The number of carbonyl (C=O) groups excluding carboxylic acids is 2. The van der Waals surface area contributed by atoms with E-state index >= 15 is 0 Å². The number of nitrogens with one attached hydrogen (secondary N) is 1. The third kappa shape index (κ3) is 9.13. The fourth-order valence-electron chi connectivity index (χ4n) is 5.22. The molecule has 0 saturated carbocycles. The van der Waals surface area contributed by atoms with Gasteiger partial charge in [0.2, 0.25) is 12.8 Å². The van der Waals surface area contributed by atoms with Crippen molar-refractivity contribution < 1.29 is 9.59 Å². The fourth-order valence-corrected chi connectivity index (χ4v) is 5.22. The normalized spacial score (nSPS) is 11.8. The van der Waals surface area contributed by atoms with Gasteiger partial charge in [0.05, 0.1) is 37.1 Å². The van der Waals surface area contributed by atoms with Gasteiger partial charge in [0.15, 0.2) is 0 Å². The van der Waals surface area contributed by atoms with E-state index in [1.807, 2.05) is 66.5 Å². The molecule has 1 N–H and O–H groups in total. The largest absolute Gasteiger partial charge is 0.365 e. The lowest BCUT2D eigenvalue weighted by Crippen LogP contribution is -2.20. The Labute approximate surface area is 271 Å². The lowest BCUT2D eigenvalue weighted by molar-refractivity contribution is -0.107. The van der Waals surface area contributed by atoms with Crippen molar-refractivity contribution in [1.29, 1.82) is 0 Å². The van der Waals surface area contributed by atoms with E-state index in [1.165, 1.54) is 22.5 Å². The van der Waals surface area contributed by atoms with Crippen molar-refractivity contribution in [2.24, 2.45) is 14.1 Å². The highest BCUT2D eigenvalue weighted by Crippen LogP contribution is 2.33. The molecule has 10 heteroatoms. The van der Waals surface area contributed by atoms with Crippen LogP contribution in [0.4, 0.5) is 22.7 Å². The Morgan fingerprint density at radius 1 is 0.848 bits per heavy atom. The van der Waals surface area contributed by atoms with Crippen LogP contribution in [0.1, 0.15) is 29.9 Å². The summed E-state index contributed by atoms with van der Waals surface area (Å²) in [5, 5.41) is 2.70. The van der Waals surface area contributed by atoms with Crippen molar-refractivity contribution in [3.8, 4) is 0 Å². The number of rotatable bonds is 8. The molecule has 2 aliphatic rings. The van der Waals surface area contributed by atoms with Gasteiger partial charge in [-0.05, 0) is 72.9 Å². The summed E-state index contributed by atoms with van der Waals surface area (Å²) in [4.78, 5) is 36.3. The molecule has 2 aliphatic heterocycles. The van der Waals surface area contributed by atoms with Gasteiger partial charge in [0.1, 0.15) is 0 Å². The fraction of sp³-hybridized carbons (Fsp3) is 0.278. The van der Waals surface area contributed by atoms with E-state index in [1.54, 1.807) is 11.9 Å². The molecule has 0 aliphatic carbocycles. The molecule has 0 unspecified atom stereocenters. The van der Waals surface area contributed by atoms with E-state index in [0.29, 0.717) is 6.41 Å². The van der Waals surface area contributed by atoms with Gasteiger partial charge in [-0.2, -0.15) is 0 Å². The third-order valence-electron chi connectivity index (χ3n) is 7.39. The molecule has 10 nitrogen and oxygen atoms in total. The van der Waals surface area contributed by atoms with Gasteiger partial charge in [0.25, 0.3) is 0 Å². The van der Waals surface area contributed by atoms with E-state index in [4.69, 9.17) is 0 Å². The van der Waals surface area contributed by atoms with Crippen molar-refractivity contribution in [2.45, 2.75) is 33.4 Å². The first-order chi connectivity index (χ1) is 21.8. The second-order valence-electron chi connectivity index (χ2n) is 10.6. The molecule has 2 amide bonds. The maximum absolute atomic E-state index is 10.9. The zero-order valence-electron chi connectivity index (χ0n) is 26.0. The Bertz CT molecular complexity index is 1760. The predicted molar refractivity (Wildman–Crippen MR) is 185 cm³/mol. The summed E-state index contributed by atoms with van der Waals surface area (Å²) in [5.74, 6) is 0. The third-order valence-corrected chi connectivity index (χ3v) is 7.39. The Morgan fingerprint density at radius 2 is 1.37 bits per heavy atom. The number of anilines is 4. The standard InChI is InChI=1S/C15H18N4O.C14H16N4O.C6H4.CH4/c1-17-8-13(16-10-17)9-19-6-5-12-3-4-14(7-15(12)19)18(2)11-20;1-17-7-13(15-9-17)8-18-5-4-11-2-3-12(16-10-19)6-14(11)18;1-3-5-6-4-2;/h3-4,7-8,10-11H,5-6,9H2,1-2H3;2-3,6-7,9-10H,4-5,8H2,1H3,(H,16,19);1-2H2;1H4. The van der Waals surface area contributed by atoms with Crippen molar-refractivity contribution in [1.82, 2.24) is 19.1 Å². The number of nitrogens with zero attached hydrogens (tertiary/aromatic N) is 7. The summed E-state index contributed by atoms with van der Waals surface area (Å²) < 4.78 is 3.92. The number of hydrogen-bond acceptors (Lipinski definition) is 6. The molecule has 6 rings (SSSR count). The van der Waals surface area contributed by atoms with E-state index in [0.717, 1.165) is 68.2 Å². The van der Waals surface area contributed by atoms with E-state index in [9.17, 15) is 9.59 Å². The molecule has 2 aromatic carbocycles. The number of amides is 2. The number of aromatic nitrogens is 4. The van der Waals surface area contributed by atoms with Gasteiger partial charge in [-0.15, -0.1) is 0 Å². The lowest BCUT2D eigenvalue weighted by atomic mass is 10.1. The number of imidazole rings is 2. The van der Waals surface area contributed by atoms with Crippen LogP contribution in [0.15, 0.2) is 97.5 Å². The smallest absolute Gasteiger partial charge is 0.213 e. The van der Waals surface area contributed by atoms with Crippen molar-refractivity contribution in [3.05, 3.63) is 120 Å². The minimum atomic E-state index is 0. The molecule has 4 aromatic rings. The van der Waals surface area contributed by atoms with Crippen molar-refractivity contribution in [3.63, 3.8) is 0 Å². The topological polar surface area (TPSA) is 91.5 Å². The molecule has 4 heterocycles. The molecule has 0 fully saturated rings. The molecule has 0 saturated heterocycles. The Balaban J connectivity index is 0.000000210. The van der Waals surface area contributed by atoms with Gasteiger partial charge in [0, 0.05) is 69.4 Å². The van der Waals surface area contributed by atoms with Gasteiger partial charge in [-0.1, -0.05) is 31.0 Å². The quantitative estimate of drug-likeness (QED) is 0.216. The Kier molecular flexibility index (Phi) is 12.8. The highest BCUT2D eigenvalue weighted by atomic mass is 16.1. The number of benzene rings is 2. The lowest BCUT2D eigenvalue weighted by Gasteiger charge is -2.20. The van der Waals surface area contributed by atoms with Crippen LogP contribution in [0.2, 0.25) is 0 Å². The monoisotopic (exact) mass is 618 g/mol.